The number of nitrogens with one attached hydrogen (secondary N) is 1. The molecule has 1 aromatic heterocycles. The number of amides is 1. The Morgan fingerprint density at radius 1 is 1.61 bits per heavy atom. The van der Waals surface area contributed by atoms with Gasteiger partial charge in [-0.1, -0.05) is 13.8 Å². The van der Waals surface area contributed by atoms with Crippen LogP contribution in [0.2, 0.25) is 0 Å². The van der Waals surface area contributed by atoms with Crippen LogP contribution in [0.4, 0.5) is 0 Å². The van der Waals surface area contributed by atoms with Gasteiger partial charge in [0.2, 0.25) is 0 Å². The number of ether oxygens (including phenoxy) is 1. The Bertz CT molecular complexity index is 436. The average molecular weight is 251 g/mol. The third kappa shape index (κ3) is 2.17. The molecule has 100 valence electrons. The highest BCUT2D eigenvalue weighted by atomic mass is 16.5. The van der Waals surface area contributed by atoms with Crippen LogP contribution in [0, 0.1) is 12.3 Å². The molecule has 4 nitrogen and oxygen atoms in total. The van der Waals surface area contributed by atoms with Crippen LogP contribution < -0.4 is 5.32 Å². The zero-order chi connectivity index (χ0) is 13.3. The maximum atomic E-state index is 12.1. The molecule has 0 saturated heterocycles. The van der Waals surface area contributed by atoms with E-state index in [1.54, 1.807) is 19.3 Å². The van der Waals surface area contributed by atoms with Crippen LogP contribution >= 0.6 is 0 Å². The molecule has 18 heavy (non-hydrogen) atoms. The van der Waals surface area contributed by atoms with Gasteiger partial charge >= 0.3 is 0 Å². The van der Waals surface area contributed by atoms with Gasteiger partial charge in [-0.05, 0) is 26.3 Å². The van der Waals surface area contributed by atoms with Crippen LogP contribution in [-0.2, 0) is 4.74 Å². The lowest BCUT2D eigenvalue weighted by Crippen LogP contribution is -2.62. The summed E-state index contributed by atoms with van der Waals surface area (Å²) in [4.78, 5) is 12.1. The molecule has 4 heteroatoms. The summed E-state index contributed by atoms with van der Waals surface area (Å²) in [6.07, 6.45) is 2.65. The standard InChI is InChI=1S/C14H21NO3/c1-5-17-12-8-11(14(12,3)4)15-13(16)10-6-7-18-9(10)2/h6-7,11-12H,5,8H2,1-4H3,(H,15,16)/t11-,12+/m0/s1. The molecule has 1 heterocycles. The minimum absolute atomic E-state index is 0.0106. The van der Waals surface area contributed by atoms with Crippen molar-refractivity contribution in [1.29, 1.82) is 0 Å². The first-order chi connectivity index (χ1) is 8.46. The van der Waals surface area contributed by atoms with Crippen LogP contribution in [-0.4, -0.2) is 24.7 Å². The van der Waals surface area contributed by atoms with E-state index in [4.69, 9.17) is 9.15 Å². The zero-order valence-corrected chi connectivity index (χ0v) is 11.4. The summed E-state index contributed by atoms with van der Waals surface area (Å²) < 4.78 is 10.8. The highest BCUT2D eigenvalue weighted by Gasteiger charge is 2.49. The van der Waals surface area contributed by atoms with Crippen LogP contribution in [0.15, 0.2) is 16.7 Å². The lowest BCUT2D eigenvalue weighted by molar-refractivity contribution is -0.111. The third-order valence-electron chi connectivity index (χ3n) is 3.95. The van der Waals surface area contributed by atoms with Crippen LogP contribution in [0.1, 0.15) is 43.3 Å². The van der Waals surface area contributed by atoms with Gasteiger partial charge in [-0.2, -0.15) is 0 Å². The fraction of sp³-hybridized carbons (Fsp3) is 0.643. The van der Waals surface area contributed by atoms with E-state index in [1.165, 1.54) is 0 Å². The van der Waals surface area contributed by atoms with Crippen LogP contribution in [0.25, 0.3) is 0 Å². The van der Waals surface area contributed by atoms with E-state index in [0.717, 1.165) is 13.0 Å². The second kappa shape index (κ2) is 4.76. The van der Waals surface area contributed by atoms with E-state index < -0.39 is 0 Å². The second-order valence-electron chi connectivity index (χ2n) is 5.42. The number of rotatable bonds is 4. The van der Waals surface area contributed by atoms with Gasteiger partial charge in [0.25, 0.3) is 5.91 Å². The molecule has 0 aromatic carbocycles. The van der Waals surface area contributed by atoms with Gasteiger partial charge in [-0.25, -0.2) is 0 Å². The number of furan rings is 1. The maximum absolute atomic E-state index is 12.1. The summed E-state index contributed by atoms with van der Waals surface area (Å²) in [6, 6.07) is 1.87. The predicted molar refractivity (Wildman–Crippen MR) is 68.5 cm³/mol. The Labute approximate surface area is 108 Å². The van der Waals surface area contributed by atoms with Gasteiger partial charge in [0.1, 0.15) is 5.76 Å². The molecule has 2 atom stereocenters. The topological polar surface area (TPSA) is 51.5 Å². The first kappa shape index (κ1) is 13.1. The molecule has 1 N–H and O–H groups in total. The second-order valence-corrected chi connectivity index (χ2v) is 5.42. The molecule has 1 aliphatic rings. The molecule has 2 rings (SSSR count). The lowest BCUT2D eigenvalue weighted by atomic mass is 9.64. The van der Waals surface area contributed by atoms with Crippen molar-refractivity contribution in [3.63, 3.8) is 0 Å². The summed E-state index contributed by atoms with van der Waals surface area (Å²) in [5.41, 5.74) is 0.606. The van der Waals surface area contributed by atoms with Gasteiger partial charge < -0.3 is 14.5 Å². The Hall–Kier alpha value is -1.29. The van der Waals surface area contributed by atoms with E-state index in [-0.39, 0.29) is 23.5 Å². The Morgan fingerprint density at radius 2 is 2.33 bits per heavy atom. The summed E-state index contributed by atoms with van der Waals surface area (Å²) in [5, 5.41) is 3.06. The predicted octanol–water partition coefficient (Wildman–Crippen LogP) is 2.52. The molecule has 1 amide bonds. The third-order valence-corrected chi connectivity index (χ3v) is 3.95. The minimum atomic E-state index is -0.0609. The van der Waals surface area contributed by atoms with Crippen molar-refractivity contribution in [1.82, 2.24) is 5.32 Å². The van der Waals surface area contributed by atoms with Crippen molar-refractivity contribution in [3.8, 4) is 0 Å². The fourth-order valence-electron chi connectivity index (χ4n) is 2.47. The normalized spacial score (nSPS) is 25.6. The van der Waals surface area contributed by atoms with Gasteiger partial charge in [-0.3, -0.25) is 4.79 Å². The molecule has 0 bridgehead atoms. The summed E-state index contributed by atoms with van der Waals surface area (Å²) in [7, 11) is 0. The van der Waals surface area contributed by atoms with Crippen LogP contribution in [0.3, 0.4) is 0 Å². The van der Waals surface area contributed by atoms with Crippen molar-refractivity contribution < 1.29 is 13.9 Å². The van der Waals surface area contributed by atoms with Crippen molar-refractivity contribution >= 4 is 5.91 Å². The first-order valence-electron chi connectivity index (χ1n) is 6.43. The molecule has 1 saturated carbocycles. The molecule has 1 aliphatic carbocycles. The van der Waals surface area contributed by atoms with Crippen molar-refractivity contribution in [2.45, 2.75) is 46.3 Å². The number of carbonyl (C=O) groups excluding carboxylic acids is 1. The van der Waals surface area contributed by atoms with Gasteiger partial charge in [0, 0.05) is 18.1 Å². The zero-order valence-electron chi connectivity index (χ0n) is 11.4. The van der Waals surface area contributed by atoms with E-state index in [9.17, 15) is 4.79 Å². The molecular formula is C14H21NO3. The van der Waals surface area contributed by atoms with Gasteiger partial charge in [-0.15, -0.1) is 0 Å². The summed E-state index contributed by atoms with van der Waals surface area (Å²) >= 11 is 0. The van der Waals surface area contributed by atoms with E-state index >= 15 is 0 Å². The highest BCUT2D eigenvalue weighted by Crippen LogP contribution is 2.42. The van der Waals surface area contributed by atoms with Crippen molar-refractivity contribution in [2.75, 3.05) is 6.61 Å². The van der Waals surface area contributed by atoms with E-state index in [2.05, 4.69) is 19.2 Å². The monoisotopic (exact) mass is 251 g/mol. The largest absolute Gasteiger partial charge is 0.469 e. The molecule has 0 radical (unpaired) electrons. The van der Waals surface area contributed by atoms with Crippen LogP contribution in [0.5, 0.6) is 0 Å². The Balaban J connectivity index is 1.96. The highest BCUT2D eigenvalue weighted by molar-refractivity contribution is 5.95. The smallest absolute Gasteiger partial charge is 0.255 e. The number of hydrogen-bond acceptors (Lipinski definition) is 3. The van der Waals surface area contributed by atoms with Crippen molar-refractivity contribution in [3.05, 3.63) is 23.7 Å². The Kier molecular flexibility index (Phi) is 3.48. The Morgan fingerprint density at radius 3 is 2.83 bits per heavy atom. The quantitative estimate of drug-likeness (QED) is 0.894. The van der Waals surface area contributed by atoms with Gasteiger partial charge in [0.15, 0.2) is 0 Å². The molecule has 1 fully saturated rings. The van der Waals surface area contributed by atoms with Gasteiger partial charge in [0.05, 0.1) is 17.9 Å². The molecular weight excluding hydrogens is 230 g/mol. The molecule has 0 unspecified atom stereocenters. The maximum Gasteiger partial charge on any atom is 0.255 e. The molecule has 0 aliphatic heterocycles. The summed E-state index contributed by atoms with van der Waals surface area (Å²) in [6.45, 7) is 8.77. The molecule has 1 aromatic rings. The lowest BCUT2D eigenvalue weighted by Gasteiger charge is -2.51. The minimum Gasteiger partial charge on any atom is -0.469 e. The number of carbonyl (C=O) groups is 1. The fourth-order valence-corrected chi connectivity index (χ4v) is 2.47. The average Bonchev–Trinajstić information content (AvgIpc) is 2.74. The summed E-state index contributed by atoms with van der Waals surface area (Å²) in [5.74, 6) is 0.597. The number of hydrogen-bond donors (Lipinski definition) is 1. The van der Waals surface area contributed by atoms with E-state index in [0.29, 0.717) is 11.3 Å². The van der Waals surface area contributed by atoms with Crippen molar-refractivity contribution in [2.24, 2.45) is 5.41 Å². The molecule has 0 spiro atoms. The van der Waals surface area contributed by atoms with E-state index in [1.807, 2.05) is 6.92 Å². The SMILES string of the molecule is CCO[C@@H]1C[C@H](NC(=O)c2ccoc2C)C1(C)C. The number of aryl methyl sites for hydroxylation is 1. The first-order valence-corrected chi connectivity index (χ1v) is 6.43.